The molecule has 1 N–H and O–H groups in total. The zero-order valence-corrected chi connectivity index (χ0v) is 12.3. The van der Waals surface area contributed by atoms with Crippen LogP contribution in [-0.2, 0) is 13.1 Å². The number of benzene rings is 1. The fourth-order valence-electron chi connectivity index (χ4n) is 2.63. The van der Waals surface area contributed by atoms with Crippen LogP contribution in [0.2, 0.25) is 0 Å². The maximum absolute atomic E-state index is 4.67. The minimum absolute atomic E-state index is 0.883. The molecule has 19 heavy (non-hydrogen) atoms. The van der Waals surface area contributed by atoms with E-state index in [0.717, 1.165) is 25.2 Å². The van der Waals surface area contributed by atoms with E-state index in [9.17, 15) is 0 Å². The van der Waals surface area contributed by atoms with Crippen molar-refractivity contribution in [1.29, 1.82) is 0 Å². The fourth-order valence-corrected chi connectivity index (χ4v) is 2.63. The van der Waals surface area contributed by atoms with Crippen LogP contribution >= 0.6 is 0 Å². The molecular formula is C16H23N3. The van der Waals surface area contributed by atoms with E-state index in [4.69, 9.17) is 0 Å². The van der Waals surface area contributed by atoms with Crippen LogP contribution in [0.15, 0.2) is 24.3 Å². The van der Waals surface area contributed by atoms with E-state index in [2.05, 4.69) is 60.1 Å². The molecule has 1 heterocycles. The highest BCUT2D eigenvalue weighted by Crippen LogP contribution is 2.30. The quantitative estimate of drug-likeness (QED) is 0.890. The molecule has 0 amide bonds. The third-order valence-electron chi connectivity index (χ3n) is 3.47. The number of nitrogens with zero attached hydrogens (tertiary/aromatic N) is 2. The molecule has 0 saturated heterocycles. The third-order valence-corrected chi connectivity index (χ3v) is 3.47. The summed E-state index contributed by atoms with van der Waals surface area (Å²) >= 11 is 0. The van der Waals surface area contributed by atoms with E-state index >= 15 is 0 Å². The second kappa shape index (κ2) is 6.02. The summed E-state index contributed by atoms with van der Waals surface area (Å²) in [6, 6.07) is 8.57. The Bertz CT molecular complexity index is 555. The van der Waals surface area contributed by atoms with Crippen LogP contribution in [0, 0.1) is 13.8 Å². The van der Waals surface area contributed by atoms with E-state index < -0.39 is 0 Å². The molecule has 0 aliphatic rings. The Labute approximate surface area is 115 Å². The molecule has 0 spiro atoms. The van der Waals surface area contributed by atoms with E-state index in [1.165, 1.54) is 22.4 Å². The van der Waals surface area contributed by atoms with E-state index in [1.54, 1.807) is 0 Å². The summed E-state index contributed by atoms with van der Waals surface area (Å²) in [5, 5.41) is 7.91. The number of aryl methyl sites for hydroxylation is 2. The van der Waals surface area contributed by atoms with Gasteiger partial charge in [-0.1, -0.05) is 31.2 Å². The number of nitrogens with one attached hydrogen (secondary N) is 1. The minimum atomic E-state index is 0.883. The minimum Gasteiger partial charge on any atom is -0.316 e. The van der Waals surface area contributed by atoms with Crippen LogP contribution in [0.3, 0.4) is 0 Å². The topological polar surface area (TPSA) is 29.9 Å². The van der Waals surface area contributed by atoms with Gasteiger partial charge in [0.05, 0.1) is 5.69 Å². The van der Waals surface area contributed by atoms with Crippen molar-refractivity contribution in [1.82, 2.24) is 15.1 Å². The molecule has 0 unspecified atom stereocenters. The van der Waals surface area contributed by atoms with Gasteiger partial charge in [0.15, 0.2) is 0 Å². The zero-order valence-electron chi connectivity index (χ0n) is 12.3. The Morgan fingerprint density at radius 3 is 2.63 bits per heavy atom. The summed E-state index contributed by atoms with van der Waals surface area (Å²) in [6.07, 6.45) is 1.11. The monoisotopic (exact) mass is 257 g/mol. The Morgan fingerprint density at radius 1 is 1.21 bits per heavy atom. The second-order valence-electron chi connectivity index (χ2n) is 4.96. The lowest BCUT2D eigenvalue weighted by Crippen LogP contribution is -2.06. The van der Waals surface area contributed by atoms with E-state index in [1.807, 2.05) is 7.05 Å². The summed E-state index contributed by atoms with van der Waals surface area (Å²) in [5.41, 5.74) is 6.30. The van der Waals surface area contributed by atoms with Crippen molar-refractivity contribution in [3.63, 3.8) is 0 Å². The van der Waals surface area contributed by atoms with E-state index in [-0.39, 0.29) is 0 Å². The summed E-state index contributed by atoms with van der Waals surface area (Å²) < 4.78 is 2.13. The van der Waals surface area contributed by atoms with Gasteiger partial charge in [-0.3, -0.25) is 4.68 Å². The lowest BCUT2D eigenvalue weighted by molar-refractivity contribution is 0.583. The first-order valence-electron chi connectivity index (χ1n) is 6.96. The summed E-state index contributed by atoms with van der Waals surface area (Å²) in [6.45, 7) is 8.33. The predicted molar refractivity (Wildman–Crippen MR) is 80.2 cm³/mol. The van der Waals surface area contributed by atoms with Crippen molar-refractivity contribution in [3.05, 3.63) is 41.2 Å². The van der Waals surface area contributed by atoms with Crippen LogP contribution in [-0.4, -0.2) is 16.8 Å². The van der Waals surface area contributed by atoms with Crippen molar-refractivity contribution in [2.45, 2.75) is 40.3 Å². The van der Waals surface area contributed by atoms with Crippen molar-refractivity contribution in [2.75, 3.05) is 7.05 Å². The lowest BCUT2D eigenvalue weighted by atomic mass is 9.98. The van der Waals surface area contributed by atoms with Crippen molar-refractivity contribution >= 4 is 0 Å². The summed E-state index contributed by atoms with van der Waals surface area (Å²) in [5.74, 6) is 0. The molecule has 2 rings (SSSR count). The molecule has 102 valence electrons. The number of hydrogen-bond acceptors (Lipinski definition) is 2. The molecule has 0 atom stereocenters. The Balaban J connectivity index is 2.52. The van der Waals surface area contributed by atoms with Crippen molar-refractivity contribution in [3.8, 4) is 11.1 Å². The first-order chi connectivity index (χ1) is 9.19. The first-order valence-corrected chi connectivity index (χ1v) is 6.96. The van der Waals surface area contributed by atoms with Crippen LogP contribution in [0.5, 0.6) is 0 Å². The van der Waals surface area contributed by atoms with Crippen LogP contribution in [0.1, 0.15) is 30.3 Å². The molecule has 0 saturated carbocycles. The highest BCUT2D eigenvalue weighted by molar-refractivity contribution is 5.71. The van der Waals surface area contributed by atoms with E-state index in [0.29, 0.717) is 0 Å². The average molecular weight is 257 g/mol. The summed E-state index contributed by atoms with van der Waals surface area (Å²) in [4.78, 5) is 0. The smallest absolute Gasteiger partial charge is 0.0675 e. The molecule has 0 radical (unpaired) electrons. The Hall–Kier alpha value is -1.61. The zero-order chi connectivity index (χ0) is 13.8. The summed E-state index contributed by atoms with van der Waals surface area (Å²) in [7, 11) is 1.98. The predicted octanol–water partition coefficient (Wildman–Crippen LogP) is 3.30. The Kier molecular flexibility index (Phi) is 4.38. The maximum atomic E-state index is 4.67. The van der Waals surface area contributed by atoms with Crippen molar-refractivity contribution < 1.29 is 0 Å². The van der Waals surface area contributed by atoms with Crippen LogP contribution in [0.25, 0.3) is 11.1 Å². The molecule has 0 aliphatic heterocycles. The largest absolute Gasteiger partial charge is 0.316 e. The second-order valence-corrected chi connectivity index (χ2v) is 4.96. The first kappa shape index (κ1) is 13.8. The van der Waals surface area contributed by atoms with Gasteiger partial charge in [-0.25, -0.2) is 0 Å². The van der Waals surface area contributed by atoms with Gasteiger partial charge in [0.25, 0.3) is 0 Å². The van der Waals surface area contributed by atoms with Gasteiger partial charge in [0, 0.05) is 24.3 Å². The van der Waals surface area contributed by atoms with Gasteiger partial charge < -0.3 is 5.32 Å². The standard InChI is InChI=1S/C16H23N3/c1-5-10-19-13(3)16(12(2)18-19)15-9-7-6-8-14(15)11-17-4/h6-9,17H,5,10-11H2,1-4H3. The van der Waals surface area contributed by atoms with Gasteiger partial charge in [0.1, 0.15) is 0 Å². The molecule has 0 bridgehead atoms. The van der Waals surface area contributed by atoms with Crippen LogP contribution in [0.4, 0.5) is 0 Å². The molecule has 2 aromatic rings. The highest BCUT2D eigenvalue weighted by atomic mass is 15.3. The molecule has 3 heteroatoms. The Morgan fingerprint density at radius 2 is 1.95 bits per heavy atom. The van der Waals surface area contributed by atoms with Gasteiger partial charge >= 0.3 is 0 Å². The normalized spacial score (nSPS) is 10.9. The van der Waals surface area contributed by atoms with Crippen LogP contribution < -0.4 is 5.32 Å². The molecule has 1 aromatic carbocycles. The maximum Gasteiger partial charge on any atom is 0.0675 e. The van der Waals surface area contributed by atoms with Gasteiger partial charge in [-0.2, -0.15) is 5.10 Å². The van der Waals surface area contributed by atoms with Gasteiger partial charge in [-0.05, 0) is 38.4 Å². The lowest BCUT2D eigenvalue weighted by Gasteiger charge is -2.10. The number of aromatic nitrogens is 2. The average Bonchev–Trinajstić information content (AvgIpc) is 2.67. The molecule has 3 nitrogen and oxygen atoms in total. The number of hydrogen-bond donors (Lipinski definition) is 1. The van der Waals surface area contributed by atoms with Crippen molar-refractivity contribution in [2.24, 2.45) is 0 Å². The molecule has 1 aromatic heterocycles. The molecular weight excluding hydrogens is 234 g/mol. The SMILES string of the molecule is CCCn1nc(C)c(-c2ccccc2CNC)c1C. The van der Waals surface area contributed by atoms with Gasteiger partial charge in [-0.15, -0.1) is 0 Å². The van der Waals surface area contributed by atoms with Gasteiger partial charge in [0.2, 0.25) is 0 Å². The number of rotatable bonds is 5. The highest BCUT2D eigenvalue weighted by Gasteiger charge is 2.15. The molecule has 0 aliphatic carbocycles. The molecule has 0 fully saturated rings. The fraction of sp³-hybridized carbons (Fsp3) is 0.438. The third kappa shape index (κ3) is 2.71.